The van der Waals surface area contributed by atoms with Crippen LogP contribution in [-0.4, -0.2) is 18.1 Å². The molecule has 0 saturated heterocycles. The Kier molecular flexibility index (Phi) is 4.87. The Labute approximate surface area is 103 Å². The Balaban J connectivity index is 2.82. The van der Waals surface area contributed by atoms with E-state index in [-0.39, 0.29) is 5.56 Å². The SMILES string of the molecule is CCCCc1ccc(C(=O)C(F)(F)C(F)F)cc1. The number of Topliss-reactive ketones (excluding diaryl/α,β-unsaturated/α-hetero) is 1. The van der Waals surface area contributed by atoms with Gasteiger partial charge in [-0.05, 0) is 18.4 Å². The molecule has 0 aliphatic carbocycles. The van der Waals surface area contributed by atoms with Crippen molar-refractivity contribution in [2.24, 2.45) is 0 Å². The van der Waals surface area contributed by atoms with Gasteiger partial charge in [0, 0.05) is 5.56 Å². The summed E-state index contributed by atoms with van der Waals surface area (Å²) in [5.41, 5.74) is 0.509. The van der Waals surface area contributed by atoms with E-state index in [1.54, 1.807) is 0 Å². The van der Waals surface area contributed by atoms with E-state index in [1.807, 2.05) is 6.92 Å². The topological polar surface area (TPSA) is 17.1 Å². The molecule has 0 fully saturated rings. The summed E-state index contributed by atoms with van der Waals surface area (Å²) in [6.07, 6.45) is -1.27. The fraction of sp³-hybridized carbons (Fsp3) is 0.462. The van der Waals surface area contributed by atoms with E-state index >= 15 is 0 Å². The van der Waals surface area contributed by atoms with Crippen molar-refractivity contribution in [2.75, 3.05) is 0 Å². The van der Waals surface area contributed by atoms with Crippen molar-refractivity contribution >= 4 is 5.78 Å². The van der Waals surface area contributed by atoms with Gasteiger partial charge in [0.2, 0.25) is 5.78 Å². The van der Waals surface area contributed by atoms with Crippen LogP contribution in [0.25, 0.3) is 0 Å². The summed E-state index contributed by atoms with van der Waals surface area (Å²) in [5, 5.41) is 0. The largest absolute Gasteiger partial charge is 0.368 e. The van der Waals surface area contributed by atoms with Crippen molar-refractivity contribution in [1.82, 2.24) is 0 Å². The average molecular weight is 262 g/mol. The van der Waals surface area contributed by atoms with Gasteiger partial charge in [-0.3, -0.25) is 4.79 Å². The van der Waals surface area contributed by atoms with Gasteiger partial charge in [-0.2, -0.15) is 8.78 Å². The summed E-state index contributed by atoms with van der Waals surface area (Å²) >= 11 is 0. The molecule has 0 unspecified atom stereocenters. The van der Waals surface area contributed by atoms with Crippen LogP contribution in [0, 0.1) is 0 Å². The van der Waals surface area contributed by atoms with Crippen molar-refractivity contribution in [2.45, 2.75) is 38.5 Å². The molecular weight excluding hydrogens is 248 g/mol. The van der Waals surface area contributed by atoms with Crippen molar-refractivity contribution in [1.29, 1.82) is 0 Å². The van der Waals surface area contributed by atoms with Gasteiger partial charge in [0.25, 0.3) is 0 Å². The molecule has 0 heterocycles. The number of hydrogen-bond donors (Lipinski definition) is 0. The minimum Gasteiger partial charge on any atom is -0.287 e. The number of carbonyl (C=O) groups is 1. The normalized spacial score (nSPS) is 11.9. The lowest BCUT2D eigenvalue weighted by Gasteiger charge is -2.13. The molecule has 0 N–H and O–H groups in total. The zero-order valence-electron chi connectivity index (χ0n) is 9.93. The molecule has 0 atom stereocenters. The summed E-state index contributed by atoms with van der Waals surface area (Å²) in [7, 11) is 0. The molecule has 0 aliphatic rings. The molecule has 18 heavy (non-hydrogen) atoms. The van der Waals surface area contributed by atoms with Crippen LogP contribution in [0.15, 0.2) is 24.3 Å². The van der Waals surface area contributed by atoms with Crippen molar-refractivity contribution in [3.63, 3.8) is 0 Å². The van der Waals surface area contributed by atoms with Crippen LogP contribution in [0.2, 0.25) is 0 Å². The van der Waals surface area contributed by atoms with E-state index in [0.717, 1.165) is 24.8 Å². The lowest BCUT2D eigenvalue weighted by Crippen LogP contribution is -2.36. The smallest absolute Gasteiger partial charge is 0.287 e. The number of rotatable bonds is 6. The molecule has 100 valence electrons. The van der Waals surface area contributed by atoms with E-state index in [9.17, 15) is 22.4 Å². The number of alkyl halides is 4. The van der Waals surface area contributed by atoms with E-state index < -0.39 is 18.1 Å². The second-order valence-electron chi connectivity index (χ2n) is 4.05. The van der Waals surface area contributed by atoms with Crippen LogP contribution in [-0.2, 0) is 6.42 Å². The number of aryl methyl sites for hydroxylation is 1. The highest BCUT2D eigenvalue weighted by molar-refractivity contribution is 6.01. The Morgan fingerprint density at radius 2 is 1.78 bits per heavy atom. The van der Waals surface area contributed by atoms with Crippen LogP contribution in [0.5, 0.6) is 0 Å². The van der Waals surface area contributed by atoms with Crippen LogP contribution in [0.4, 0.5) is 17.6 Å². The minimum absolute atomic E-state index is 0.388. The monoisotopic (exact) mass is 262 g/mol. The molecular formula is C13H14F4O. The van der Waals surface area contributed by atoms with Crippen molar-refractivity contribution in [3.8, 4) is 0 Å². The molecule has 0 radical (unpaired) electrons. The maximum Gasteiger partial charge on any atom is 0.368 e. The summed E-state index contributed by atoms with van der Waals surface area (Å²) in [6, 6.07) is 5.38. The minimum atomic E-state index is -4.62. The van der Waals surface area contributed by atoms with Crippen molar-refractivity contribution < 1.29 is 22.4 Å². The number of halogens is 4. The third-order valence-electron chi connectivity index (χ3n) is 2.61. The van der Waals surface area contributed by atoms with Crippen LogP contribution in [0.3, 0.4) is 0 Å². The van der Waals surface area contributed by atoms with Gasteiger partial charge >= 0.3 is 12.3 Å². The molecule has 1 aromatic rings. The average Bonchev–Trinajstić information content (AvgIpc) is 2.35. The van der Waals surface area contributed by atoms with Gasteiger partial charge < -0.3 is 0 Å². The first-order valence-corrected chi connectivity index (χ1v) is 5.69. The molecule has 5 heteroatoms. The van der Waals surface area contributed by atoms with Crippen LogP contribution >= 0.6 is 0 Å². The number of unbranched alkanes of at least 4 members (excludes halogenated alkanes) is 1. The number of ketones is 1. The fourth-order valence-electron chi connectivity index (χ4n) is 1.50. The number of carbonyl (C=O) groups excluding carboxylic acids is 1. The van der Waals surface area contributed by atoms with E-state index in [0.29, 0.717) is 0 Å². The lowest BCUT2D eigenvalue weighted by atomic mass is 10.0. The summed E-state index contributed by atoms with van der Waals surface area (Å²) < 4.78 is 49.7. The maximum atomic E-state index is 12.8. The van der Waals surface area contributed by atoms with Gasteiger partial charge in [-0.25, -0.2) is 8.78 Å². The molecule has 0 aliphatic heterocycles. The highest BCUT2D eigenvalue weighted by atomic mass is 19.3. The second kappa shape index (κ2) is 5.98. The highest BCUT2D eigenvalue weighted by Crippen LogP contribution is 2.27. The third kappa shape index (κ3) is 3.31. The van der Waals surface area contributed by atoms with Crippen LogP contribution in [0.1, 0.15) is 35.7 Å². The zero-order valence-corrected chi connectivity index (χ0v) is 9.93. The van der Waals surface area contributed by atoms with Gasteiger partial charge in [0.05, 0.1) is 0 Å². The van der Waals surface area contributed by atoms with E-state index in [1.165, 1.54) is 24.3 Å². The zero-order chi connectivity index (χ0) is 13.8. The maximum absolute atomic E-state index is 12.8. The first-order chi connectivity index (χ1) is 8.39. The third-order valence-corrected chi connectivity index (χ3v) is 2.61. The molecule has 0 amide bonds. The van der Waals surface area contributed by atoms with Gasteiger partial charge in [0.1, 0.15) is 0 Å². The highest BCUT2D eigenvalue weighted by Gasteiger charge is 2.48. The molecule has 0 bridgehead atoms. The number of benzene rings is 1. The predicted molar refractivity (Wildman–Crippen MR) is 60.3 cm³/mol. The van der Waals surface area contributed by atoms with E-state index in [4.69, 9.17) is 0 Å². The molecule has 0 saturated carbocycles. The first kappa shape index (κ1) is 14.7. The quantitative estimate of drug-likeness (QED) is 0.557. The van der Waals surface area contributed by atoms with Gasteiger partial charge in [-0.15, -0.1) is 0 Å². The Bertz CT molecular complexity index is 398. The predicted octanol–water partition coefficient (Wildman–Crippen LogP) is 4.11. The molecule has 1 nitrogen and oxygen atoms in total. The van der Waals surface area contributed by atoms with Gasteiger partial charge in [-0.1, -0.05) is 37.6 Å². The summed E-state index contributed by atoms with van der Waals surface area (Å²) in [4.78, 5) is 11.2. The fourth-order valence-corrected chi connectivity index (χ4v) is 1.50. The first-order valence-electron chi connectivity index (χ1n) is 5.69. The number of hydrogen-bond acceptors (Lipinski definition) is 1. The Morgan fingerprint density at radius 1 is 1.22 bits per heavy atom. The van der Waals surface area contributed by atoms with Crippen LogP contribution < -0.4 is 0 Å². The summed E-state index contributed by atoms with van der Waals surface area (Å²) in [5.74, 6) is -6.45. The molecule has 1 rings (SSSR count). The molecule has 1 aromatic carbocycles. The second-order valence-corrected chi connectivity index (χ2v) is 4.05. The lowest BCUT2D eigenvalue weighted by molar-refractivity contribution is -0.0958. The van der Waals surface area contributed by atoms with E-state index in [2.05, 4.69) is 0 Å². The Hall–Kier alpha value is -1.39. The molecule has 0 spiro atoms. The van der Waals surface area contributed by atoms with Gasteiger partial charge in [0.15, 0.2) is 0 Å². The Morgan fingerprint density at radius 3 is 2.22 bits per heavy atom. The summed E-state index contributed by atoms with van der Waals surface area (Å²) in [6.45, 7) is 2.01. The van der Waals surface area contributed by atoms with Crippen molar-refractivity contribution in [3.05, 3.63) is 35.4 Å². The standard InChI is InChI=1S/C13H14F4O/c1-2-3-4-9-5-7-10(8-6-9)11(18)13(16,17)12(14)15/h5-8,12H,2-4H2,1H3. The molecule has 0 aromatic heterocycles.